The van der Waals surface area contributed by atoms with Crippen LogP contribution in [0.2, 0.25) is 0 Å². The number of benzene rings is 1. The molecule has 0 bridgehead atoms. The molecule has 1 aliphatic heterocycles. The van der Waals surface area contributed by atoms with Gasteiger partial charge in [-0.05, 0) is 58.2 Å². The predicted molar refractivity (Wildman–Crippen MR) is 79.6 cm³/mol. The summed E-state index contributed by atoms with van der Waals surface area (Å²) < 4.78 is 0. The van der Waals surface area contributed by atoms with Crippen LogP contribution in [0.5, 0.6) is 0 Å². The van der Waals surface area contributed by atoms with E-state index in [0.29, 0.717) is 0 Å². The van der Waals surface area contributed by atoms with E-state index in [0.717, 1.165) is 31.6 Å². The topological polar surface area (TPSA) is 32.3 Å². The quantitative estimate of drug-likeness (QED) is 0.842. The number of para-hydroxylation sites is 1. The van der Waals surface area contributed by atoms with Gasteiger partial charge < -0.3 is 10.2 Å². The molecule has 3 heteroatoms. The Balaban J connectivity index is 2.42. The fourth-order valence-electron chi connectivity index (χ4n) is 2.76. The Bertz CT molecular complexity index is 459. The first-order chi connectivity index (χ1) is 8.93. The van der Waals surface area contributed by atoms with Gasteiger partial charge in [0.05, 0.1) is 5.54 Å². The van der Waals surface area contributed by atoms with E-state index in [-0.39, 0.29) is 5.91 Å². The largest absolute Gasteiger partial charge is 0.310 e. The number of nitrogens with one attached hydrogen (secondary N) is 1. The molecule has 0 aromatic heterocycles. The van der Waals surface area contributed by atoms with Gasteiger partial charge in [-0.1, -0.05) is 18.2 Å². The highest BCUT2D eigenvalue weighted by Crippen LogP contribution is 2.28. The Morgan fingerprint density at radius 1 is 1.16 bits per heavy atom. The lowest BCUT2D eigenvalue weighted by Gasteiger charge is -2.36. The molecule has 0 atom stereocenters. The van der Waals surface area contributed by atoms with Crippen LogP contribution < -0.4 is 10.2 Å². The van der Waals surface area contributed by atoms with E-state index in [9.17, 15) is 4.79 Å². The highest BCUT2D eigenvalue weighted by Gasteiger charge is 2.34. The second-order valence-corrected chi connectivity index (χ2v) is 5.96. The molecule has 104 valence electrons. The third-order valence-corrected chi connectivity index (χ3v) is 3.86. The fourth-order valence-corrected chi connectivity index (χ4v) is 2.76. The van der Waals surface area contributed by atoms with Crippen LogP contribution in [0.15, 0.2) is 18.2 Å². The van der Waals surface area contributed by atoms with Crippen molar-refractivity contribution in [3.63, 3.8) is 0 Å². The van der Waals surface area contributed by atoms with Gasteiger partial charge in [0.15, 0.2) is 0 Å². The maximum absolute atomic E-state index is 12.8. The molecule has 0 unspecified atom stereocenters. The van der Waals surface area contributed by atoms with Crippen LogP contribution in [0.3, 0.4) is 0 Å². The lowest BCUT2D eigenvalue weighted by molar-refractivity contribution is -0.124. The van der Waals surface area contributed by atoms with Crippen molar-refractivity contribution >= 4 is 11.6 Å². The highest BCUT2D eigenvalue weighted by atomic mass is 16.2. The molecule has 1 heterocycles. The standard InChI is InChI=1S/C16H24N2O/c1-12-8-7-9-13(2)14(12)18-11-6-5-10-17-16(3,4)15(18)19/h7-9,17H,5-6,10-11H2,1-4H3. The van der Waals surface area contributed by atoms with Crippen LogP contribution in [0.25, 0.3) is 0 Å². The van der Waals surface area contributed by atoms with Gasteiger partial charge in [0.2, 0.25) is 5.91 Å². The van der Waals surface area contributed by atoms with E-state index in [2.05, 4.69) is 31.3 Å². The minimum Gasteiger partial charge on any atom is -0.310 e. The highest BCUT2D eigenvalue weighted by molar-refractivity contribution is 6.00. The van der Waals surface area contributed by atoms with Crippen molar-refractivity contribution in [2.45, 2.75) is 46.1 Å². The third-order valence-electron chi connectivity index (χ3n) is 3.86. The average Bonchev–Trinajstić information content (AvgIpc) is 2.33. The van der Waals surface area contributed by atoms with Crippen LogP contribution in [-0.4, -0.2) is 24.5 Å². The smallest absolute Gasteiger partial charge is 0.246 e. The second kappa shape index (κ2) is 5.33. The zero-order valence-electron chi connectivity index (χ0n) is 12.4. The number of carbonyl (C=O) groups is 1. The van der Waals surface area contributed by atoms with E-state index < -0.39 is 5.54 Å². The van der Waals surface area contributed by atoms with Crippen LogP contribution in [0.4, 0.5) is 5.69 Å². The summed E-state index contributed by atoms with van der Waals surface area (Å²) in [5.41, 5.74) is 2.94. The molecule has 1 aliphatic rings. The predicted octanol–water partition coefficient (Wildman–Crippen LogP) is 2.80. The summed E-state index contributed by atoms with van der Waals surface area (Å²) in [6.45, 7) is 9.83. The summed E-state index contributed by atoms with van der Waals surface area (Å²) in [5, 5.41) is 3.36. The van der Waals surface area contributed by atoms with Crippen molar-refractivity contribution in [2.24, 2.45) is 0 Å². The minimum atomic E-state index is -0.491. The molecule has 3 nitrogen and oxygen atoms in total. The van der Waals surface area contributed by atoms with Crippen molar-refractivity contribution in [1.29, 1.82) is 0 Å². The number of rotatable bonds is 1. The molecular weight excluding hydrogens is 236 g/mol. The van der Waals surface area contributed by atoms with Crippen molar-refractivity contribution in [1.82, 2.24) is 5.32 Å². The Labute approximate surface area is 116 Å². The number of hydrogen-bond donors (Lipinski definition) is 1. The van der Waals surface area contributed by atoms with Gasteiger partial charge in [0.1, 0.15) is 0 Å². The summed E-state index contributed by atoms with van der Waals surface area (Å²) >= 11 is 0. The Kier molecular flexibility index (Phi) is 3.95. The zero-order chi connectivity index (χ0) is 14.0. The molecule has 2 rings (SSSR count). The molecular formula is C16H24N2O. The van der Waals surface area contributed by atoms with E-state index in [1.165, 1.54) is 11.1 Å². The van der Waals surface area contributed by atoms with Crippen LogP contribution in [-0.2, 0) is 4.79 Å². The Hall–Kier alpha value is -1.35. The molecule has 0 spiro atoms. The average molecular weight is 260 g/mol. The summed E-state index contributed by atoms with van der Waals surface area (Å²) in [4.78, 5) is 14.8. The third kappa shape index (κ3) is 2.81. The van der Waals surface area contributed by atoms with Gasteiger partial charge in [-0.2, -0.15) is 0 Å². The number of aryl methyl sites for hydroxylation is 2. The first kappa shape index (κ1) is 14.1. The van der Waals surface area contributed by atoms with Crippen LogP contribution in [0.1, 0.15) is 37.8 Å². The molecule has 1 saturated heterocycles. The number of carbonyl (C=O) groups excluding carboxylic acids is 1. The summed E-state index contributed by atoms with van der Waals surface area (Å²) in [7, 11) is 0. The molecule has 1 aromatic rings. The second-order valence-electron chi connectivity index (χ2n) is 5.96. The van der Waals surface area contributed by atoms with Crippen LogP contribution >= 0.6 is 0 Å². The number of amides is 1. The molecule has 1 aromatic carbocycles. The molecule has 0 saturated carbocycles. The van der Waals surface area contributed by atoms with Crippen molar-refractivity contribution in [3.05, 3.63) is 29.3 Å². The number of anilines is 1. The van der Waals surface area contributed by atoms with E-state index in [1.807, 2.05) is 24.8 Å². The van der Waals surface area contributed by atoms with Gasteiger partial charge in [0.25, 0.3) is 0 Å². The summed E-state index contributed by atoms with van der Waals surface area (Å²) in [5.74, 6) is 0.171. The SMILES string of the molecule is Cc1cccc(C)c1N1CCCCNC(C)(C)C1=O. The van der Waals surface area contributed by atoms with E-state index >= 15 is 0 Å². The lowest BCUT2D eigenvalue weighted by Crippen LogP contribution is -2.56. The number of nitrogens with zero attached hydrogens (tertiary/aromatic N) is 1. The van der Waals surface area contributed by atoms with Gasteiger partial charge in [-0.15, -0.1) is 0 Å². The Morgan fingerprint density at radius 3 is 2.42 bits per heavy atom. The molecule has 0 aliphatic carbocycles. The van der Waals surface area contributed by atoms with Gasteiger partial charge in [0, 0.05) is 12.2 Å². The molecule has 1 N–H and O–H groups in total. The first-order valence-corrected chi connectivity index (χ1v) is 7.07. The van der Waals surface area contributed by atoms with Crippen molar-refractivity contribution < 1.29 is 4.79 Å². The molecule has 1 fully saturated rings. The summed E-state index contributed by atoms with van der Waals surface area (Å²) in [6, 6.07) is 6.20. The maximum atomic E-state index is 12.8. The molecule has 19 heavy (non-hydrogen) atoms. The van der Waals surface area contributed by atoms with Gasteiger partial charge in [-0.25, -0.2) is 0 Å². The van der Waals surface area contributed by atoms with Crippen molar-refractivity contribution in [2.75, 3.05) is 18.0 Å². The first-order valence-electron chi connectivity index (χ1n) is 7.07. The maximum Gasteiger partial charge on any atom is 0.246 e. The lowest BCUT2D eigenvalue weighted by atomic mass is 9.98. The van der Waals surface area contributed by atoms with E-state index in [4.69, 9.17) is 0 Å². The van der Waals surface area contributed by atoms with E-state index in [1.54, 1.807) is 0 Å². The van der Waals surface area contributed by atoms with Gasteiger partial charge in [-0.3, -0.25) is 4.79 Å². The Morgan fingerprint density at radius 2 is 1.79 bits per heavy atom. The monoisotopic (exact) mass is 260 g/mol. The zero-order valence-corrected chi connectivity index (χ0v) is 12.4. The number of hydrogen-bond acceptors (Lipinski definition) is 2. The molecule has 0 radical (unpaired) electrons. The van der Waals surface area contributed by atoms with Crippen LogP contribution in [0, 0.1) is 13.8 Å². The van der Waals surface area contributed by atoms with Crippen molar-refractivity contribution in [3.8, 4) is 0 Å². The fraction of sp³-hybridized carbons (Fsp3) is 0.562. The molecule has 1 amide bonds. The summed E-state index contributed by atoms with van der Waals surface area (Å²) in [6.07, 6.45) is 2.15. The van der Waals surface area contributed by atoms with Gasteiger partial charge >= 0.3 is 0 Å². The normalized spacial score (nSPS) is 20.0. The minimum absolute atomic E-state index is 0.171.